The number of nitrogens with zero attached hydrogens (tertiary/aromatic N) is 2. The predicted octanol–water partition coefficient (Wildman–Crippen LogP) is 3.45. The lowest BCUT2D eigenvalue weighted by atomic mass is 10.2. The summed E-state index contributed by atoms with van der Waals surface area (Å²) in [5.74, 6) is 0.964. The van der Waals surface area contributed by atoms with Crippen molar-refractivity contribution in [1.82, 2.24) is 4.98 Å². The maximum atomic E-state index is 5.79. The first-order valence-corrected chi connectivity index (χ1v) is 6.64. The van der Waals surface area contributed by atoms with Gasteiger partial charge in [-0.3, -0.25) is 0 Å². The third-order valence-electron chi connectivity index (χ3n) is 3.35. The summed E-state index contributed by atoms with van der Waals surface area (Å²) in [5.41, 5.74) is 8.80. The van der Waals surface area contributed by atoms with E-state index in [0.29, 0.717) is 0 Å². The Morgan fingerprint density at radius 2 is 1.80 bits per heavy atom. The van der Waals surface area contributed by atoms with E-state index in [1.54, 1.807) is 0 Å². The quantitative estimate of drug-likeness (QED) is 0.736. The highest BCUT2D eigenvalue weighted by atomic mass is 15.2. The van der Waals surface area contributed by atoms with Crippen LogP contribution in [0, 0.1) is 0 Å². The number of hydrogen-bond donors (Lipinski definition) is 1. The molecule has 3 rings (SSSR count). The normalized spacial score (nSPS) is 10.7. The number of hydrogen-bond acceptors (Lipinski definition) is 3. The smallest absolute Gasteiger partial charge is 0.129 e. The summed E-state index contributed by atoms with van der Waals surface area (Å²) in [6.45, 7) is 0.842. The van der Waals surface area contributed by atoms with Gasteiger partial charge in [-0.05, 0) is 35.9 Å². The Morgan fingerprint density at radius 3 is 2.60 bits per heavy atom. The van der Waals surface area contributed by atoms with E-state index >= 15 is 0 Å². The molecule has 3 aromatic rings. The molecular weight excluding hydrogens is 246 g/mol. The van der Waals surface area contributed by atoms with Crippen molar-refractivity contribution < 1.29 is 0 Å². The fourth-order valence-electron chi connectivity index (χ4n) is 2.28. The first kappa shape index (κ1) is 12.5. The van der Waals surface area contributed by atoms with E-state index in [0.717, 1.165) is 29.0 Å². The maximum absolute atomic E-state index is 5.79. The van der Waals surface area contributed by atoms with Gasteiger partial charge < -0.3 is 10.6 Å². The van der Waals surface area contributed by atoms with Crippen molar-refractivity contribution in [3.05, 3.63) is 66.2 Å². The van der Waals surface area contributed by atoms with Crippen molar-refractivity contribution in [2.24, 2.45) is 0 Å². The van der Waals surface area contributed by atoms with Crippen LogP contribution in [0.1, 0.15) is 5.56 Å². The highest BCUT2D eigenvalue weighted by Crippen LogP contribution is 2.20. The molecule has 100 valence electrons. The average molecular weight is 263 g/mol. The van der Waals surface area contributed by atoms with E-state index in [1.165, 1.54) is 5.56 Å². The average Bonchev–Trinajstić information content (AvgIpc) is 2.47. The Hall–Kier alpha value is -2.55. The minimum atomic E-state index is 0.768. The largest absolute Gasteiger partial charge is 0.399 e. The van der Waals surface area contributed by atoms with Crippen LogP contribution in [0.25, 0.3) is 10.9 Å². The van der Waals surface area contributed by atoms with Crippen LogP contribution in [0.3, 0.4) is 0 Å². The van der Waals surface area contributed by atoms with Gasteiger partial charge in [0.1, 0.15) is 5.82 Å². The molecule has 3 heteroatoms. The molecule has 0 radical (unpaired) electrons. The third kappa shape index (κ3) is 2.57. The van der Waals surface area contributed by atoms with Gasteiger partial charge in [0.15, 0.2) is 0 Å². The lowest BCUT2D eigenvalue weighted by Gasteiger charge is -2.18. The van der Waals surface area contributed by atoms with Crippen molar-refractivity contribution in [3.63, 3.8) is 0 Å². The van der Waals surface area contributed by atoms with Crippen LogP contribution in [0.5, 0.6) is 0 Å². The molecule has 1 aromatic heterocycles. The lowest BCUT2D eigenvalue weighted by molar-refractivity contribution is 0.903. The van der Waals surface area contributed by atoms with Gasteiger partial charge in [0, 0.05) is 24.7 Å². The highest BCUT2D eigenvalue weighted by molar-refractivity contribution is 5.83. The second kappa shape index (κ2) is 5.21. The standard InChI is InChI=1S/C17H17N3/c1-20(12-13-5-3-2-4-6-13)17-10-7-14-11-15(18)8-9-16(14)19-17/h2-11H,12,18H2,1H3. The predicted molar refractivity (Wildman–Crippen MR) is 84.7 cm³/mol. The minimum absolute atomic E-state index is 0.768. The zero-order valence-corrected chi connectivity index (χ0v) is 11.5. The highest BCUT2D eigenvalue weighted by Gasteiger charge is 2.05. The monoisotopic (exact) mass is 263 g/mol. The fourth-order valence-corrected chi connectivity index (χ4v) is 2.28. The molecule has 0 amide bonds. The Labute approximate surface area is 118 Å². The molecule has 0 aliphatic rings. The lowest BCUT2D eigenvalue weighted by Crippen LogP contribution is -2.17. The van der Waals surface area contributed by atoms with Crippen LogP contribution in [-0.4, -0.2) is 12.0 Å². The van der Waals surface area contributed by atoms with Gasteiger partial charge in [-0.15, -0.1) is 0 Å². The molecule has 0 fully saturated rings. The fraction of sp³-hybridized carbons (Fsp3) is 0.118. The molecule has 0 bridgehead atoms. The maximum Gasteiger partial charge on any atom is 0.129 e. The number of pyridine rings is 1. The van der Waals surface area contributed by atoms with Gasteiger partial charge in [-0.1, -0.05) is 30.3 Å². The minimum Gasteiger partial charge on any atom is -0.399 e. The second-order valence-electron chi connectivity index (χ2n) is 4.96. The zero-order chi connectivity index (χ0) is 13.9. The third-order valence-corrected chi connectivity index (χ3v) is 3.35. The summed E-state index contributed by atoms with van der Waals surface area (Å²) >= 11 is 0. The van der Waals surface area contributed by atoms with Crippen molar-refractivity contribution >= 4 is 22.4 Å². The van der Waals surface area contributed by atoms with Crippen molar-refractivity contribution in [1.29, 1.82) is 0 Å². The summed E-state index contributed by atoms with van der Waals surface area (Å²) in [5, 5.41) is 1.07. The first-order chi connectivity index (χ1) is 9.72. The van der Waals surface area contributed by atoms with Crippen LogP contribution < -0.4 is 10.6 Å². The summed E-state index contributed by atoms with van der Waals surface area (Å²) in [4.78, 5) is 6.83. The summed E-state index contributed by atoms with van der Waals surface area (Å²) < 4.78 is 0. The number of nitrogens with two attached hydrogens (primary N) is 1. The van der Waals surface area contributed by atoms with E-state index in [1.807, 2.05) is 30.3 Å². The van der Waals surface area contributed by atoms with Gasteiger partial charge in [0.25, 0.3) is 0 Å². The SMILES string of the molecule is CN(Cc1ccccc1)c1ccc2cc(N)ccc2n1. The van der Waals surface area contributed by atoms with Crippen LogP contribution >= 0.6 is 0 Å². The molecule has 0 atom stereocenters. The molecular formula is C17H17N3. The van der Waals surface area contributed by atoms with Crippen molar-refractivity contribution in [3.8, 4) is 0 Å². The van der Waals surface area contributed by atoms with E-state index in [9.17, 15) is 0 Å². The summed E-state index contributed by atoms with van der Waals surface area (Å²) in [6.07, 6.45) is 0. The molecule has 20 heavy (non-hydrogen) atoms. The van der Waals surface area contributed by atoms with Crippen LogP contribution in [0.4, 0.5) is 11.5 Å². The molecule has 0 saturated heterocycles. The summed E-state index contributed by atoms with van der Waals surface area (Å²) in [7, 11) is 2.05. The van der Waals surface area contributed by atoms with Gasteiger partial charge in [-0.25, -0.2) is 4.98 Å². The molecule has 0 spiro atoms. The number of fused-ring (bicyclic) bond motifs is 1. The van der Waals surface area contributed by atoms with E-state index in [2.05, 4.69) is 47.3 Å². The molecule has 1 heterocycles. The first-order valence-electron chi connectivity index (χ1n) is 6.64. The van der Waals surface area contributed by atoms with Crippen molar-refractivity contribution in [2.45, 2.75) is 6.54 Å². The Morgan fingerprint density at radius 1 is 1.00 bits per heavy atom. The van der Waals surface area contributed by atoms with E-state index in [4.69, 9.17) is 5.73 Å². The topological polar surface area (TPSA) is 42.1 Å². The number of benzene rings is 2. The number of aromatic nitrogens is 1. The molecule has 0 aliphatic carbocycles. The van der Waals surface area contributed by atoms with Gasteiger partial charge in [0.2, 0.25) is 0 Å². The van der Waals surface area contributed by atoms with E-state index in [-0.39, 0.29) is 0 Å². The molecule has 2 aromatic carbocycles. The molecule has 3 nitrogen and oxygen atoms in total. The Balaban J connectivity index is 1.88. The Bertz CT molecular complexity index is 723. The molecule has 2 N–H and O–H groups in total. The van der Waals surface area contributed by atoms with Crippen LogP contribution in [0.2, 0.25) is 0 Å². The number of rotatable bonds is 3. The Kier molecular flexibility index (Phi) is 3.25. The van der Waals surface area contributed by atoms with Gasteiger partial charge >= 0.3 is 0 Å². The van der Waals surface area contributed by atoms with E-state index < -0.39 is 0 Å². The van der Waals surface area contributed by atoms with Crippen LogP contribution in [-0.2, 0) is 6.54 Å². The van der Waals surface area contributed by atoms with Crippen molar-refractivity contribution in [2.75, 3.05) is 17.7 Å². The summed E-state index contributed by atoms with van der Waals surface area (Å²) in [6, 6.07) is 20.3. The number of anilines is 2. The number of nitrogen functional groups attached to an aromatic ring is 1. The second-order valence-corrected chi connectivity index (χ2v) is 4.96. The van der Waals surface area contributed by atoms with Gasteiger partial charge in [0.05, 0.1) is 5.52 Å². The molecule has 0 saturated carbocycles. The van der Waals surface area contributed by atoms with Crippen LogP contribution in [0.15, 0.2) is 60.7 Å². The molecule has 0 unspecified atom stereocenters. The zero-order valence-electron chi connectivity index (χ0n) is 11.5. The molecule has 0 aliphatic heterocycles. The van der Waals surface area contributed by atoms with Gasteiger partial charge in [-0.2, -0.15) is 0 Å².